The molecule has 1 rings (SSSR count). The van der Waals surface area contributed by atoms with Crippen LogP contribution in [0.15, 0.2) is 6.07 Å². The molecule has 1 unspecified atom stereocenters. The van der Waals surface area contributed by atoms with Crippen molar-refractivity contribution in [3.63, 3.8) is 0 Å². The van der Waals surface area contributed by atoms with E-state index in [1.54, 1.807) is 7.05 Å². The summed E-state index contributed by atoms with van der Waals surface area (Å²) in [5.41, 5.74) is 0.137. The predicted molar refractivity (Wildman–Crippen MR) is 58.3 cm³/mol. The number of aliphatic hydroxyl groups is 1. The zero-order valence-corrected chi connectivity index (χ0v) is 9.88. The molecule has 1 aromatic rings. The summed E-state index contributed by atoms with van der Waals surface area (Å²) in [5, 5.41) is 12.5. The van der Waals surface area contributed by atoms with Crippen molar-refractivity contribution in [2.45, 2.75) is 6.10 Å². The molecule has 0 fully saturated rings. The van der Waals surface area contributed by atoms with E-state index in [4.69, 9.17) is 9.47 Å². The zero-order chi connectivity index (χ0) is 13.0. The molecule has 0 bridgehead atoms. The zero-order valence-electron chi connectivity index (χ0n) is 9.88. The van der Waals surface area contributed by atoms with Crippen molar-refractivity contribution in [2.75, 3.05) is 27.8 Å². The molecule has 1 atom stereocenters. The van der Waals surface area contributed by atoms with Gasteiger partial charge >= 0.3 is 0 Å². The van der Waals surface area contributed by atoms with Crippen molar-refractivity contribution in [3.05, 3.63) is 23.3 Å². The van der Waals surface area contributed by atoms with Crippen LogP contribution in [0.25, 0.3) is 0 Å². The Hall–Kier alpha value is -1.40. The maximum atomic E-state index is 13.4. The largest absolute Gasteiger partial charge is 0.492 e. The lowest BCUT2D eigenvalue weighted by atomic mass is 10.1. The summed E-state index contributed by atoms with van der Waals surface area (Å²) in [5.74, 6) is -2.58. The molecule has 0 saturated heterocycles. The van der Waals surface area contributed by atoms with Crippen LogP contribution in [0, 0.1) is 11.6 Å². The van der Waals surface area contributed by atoms with Gasteiger partial charge in [0.2, 0.25) is 5.82 Å². The Labute approximate surface area is 98.2 Å². The monoisotopic (exact) mass is 247 g/mol. The van der Waals surface area contributed by atoms with E-state index in [2.05, 4.69) is 5.32 Å². The topological polar surface area (TPSA) is 50.7 Å². The third kappa shape index (κ3) is 2.65. The van der Waals surface area contributed by atoms with E-state index in [0.29, 0.717) is 0 Å². The second kappa shape index (κ2) is 5.79. The van der Waals surface area contributed by atoms with Crippen LogP contribution < -0.4 is 14.8 Å². The molecule has 1 aromatic carbocycles. The van der Waals surface area contributed by atoms with Gasteiger partial charge in [-0.05, 0) is 13.1 Å². The molecule has 0 radical (unpaired) electrons. The molecule has 17 heavy (non-hydrogen) atoms. The predicted octanol–water partition coefficient (Wildman–Crippen LogP) is 1.23. The number of methoxy groups -OCH3 is 2. The fraction of sp³-hybridized carbons (Fsp3) is 0.455. The number of aliphatic hydroxyl groups excluding tert-OH is 1. The average Bonchev–Trinajstić information content (AvgIpc) is 2.32. The summed E-state index contributed by atoms with van der Waals surface area (Å²) >= 11 is 0. The first kappa shape index (κ1) is 13.7. The Bertz CT molecular complexity index is 399. The molecule has 0 saturated carbocycles. The van der Waals surface area contributed by atoms with Gasteiger partial charge in [0, 0.05) is 12.1 Å². The number of likely N-dealkylation sites (N-methyl/N-ethyl adjacent to an activating group) is 1. The van der Waals surface area contributed by atoms with E-state index in [-0.39, 0.29) is 23.6 Å². The fourth-order valence-corrected chi connectivity index (χ4v) is 1.55. The van der Waals surface area contributed by atoms with Gasteiger partial charge in [0.25, 0.3) is 0 Å². The quantitative estimate of drug-likeness (QED) is 0.821. The molecule has 96 valence electrons. The normalized spacial score (nSPS) is 12.4. The minimum absolute atomic E-state index is 0.00542. The number of rotatable bonds is 5. The first-order valence-corrected chi connectivity index (χ1v) is 4.99. The number of ether oxygens (including phenoxy) is 2. The van der Waals surface area contributed by atoms with Gasteiger partial charge in [-0.3, -0.25) is 0 Å². The lowest BCUT2D eigenvalue weighted by Gasteiger charge is -2.17. The van der Waals surface area contributed by atoms with E-state index in [1.165, 1.54) is 14.2 Å². The smallest absolute Gasteiger partial charge is 0.204 e. The Morgan fingerprint density at radius 3 is 2.35 bits per heavy atom. The van der Waals surface area contributed by atoms with E-state index < -0.39 is 17.7 Å². The summed E-state index contributed by atoms with van der Waals surface area (Å²) in [4.78, 5) is 0. The van der Waals surface area contributed by atoms with Crippen LogP contribution in [0.2, 0.25) is 0 Å². The highest BCUT2D eigenvalue weighted by atomic mass is 19.2. The van der Waals surface area contributed by atoms with Crippen LogP contribution in [0.1, 0.15) is 11.7 Å². The van der Waals surface area contributed by atoms with Crippen molar-refractivity contribution in [1.82, 2.24) is 5.32 Å². The minimum Gasteiger partial charge on any atom is -0.492 e. The van der Waals surface area contributed by atoms with E-state index in [1.807, 2.05) is 0 Å². The molecule has 0 heterocycles. The number of halogens is 2. The first-order chi connectivity index (χ1) is 8.06. The molecule has 0 amide bonds. The first-order valence-electron chi connectivity index (χ1n) is 4.99. The number of benzene rings is 1. The van der Waals surface area contributed by atoms with Crippen LogP contribution in [0.3, 0.4) is 0 Å². The third-order valence-corrected chi connectivity index (χ3v) is 2.32. The second-order valence-corrected chi connectivity index (χ2v) is 3.40. The van der Waals surface area contributed by atoms with Crippen molar-refractivity contribution in [3.8, 4) is 11.5 Å². The summed E-state index contributed by atoms with van der Waals surface area (Å²) in [6.45, 7) is 0.185. The average molecular weight is 247 g/mol. The molecule has 2 N–H and O–H groups in total. The summed E-state index contributed by atoms with van der Waals surface area (Å²) in [7, 11) is 4.13. The van der Waals surface area contributed by atoms with Crippen LogP contribution in [-0.4, -0.2) is 32.9 Å². The highest BCUT2D eigenvalue weighted by molar-refractivity contribution is 5.49. The number of hydrogen-bond donors (Lipinski definition) is 2. The SMILES string of the molecule is CNCC(O)c1cc(F)c(F)c(OC)c1OC. The lowest BCUT2D eigenvalue weighted by Crippen LogP contribution is -2.18. The highest BCUT2D eigenvalue weighted by Gasteiger charge is 2.23. The van der Waals surface area contributed by atoms with Crippen molar-refractivity contribution in [1.29, 1.82) is 0 Å². The Kier molecular flexibility index (Phi) is 4.65. The van der Waals surface area contributed by atoms with Gasteiger partial charge in [-0.15, -0.1) is 0 Å². The maximum absolute atomic E-state index is 13.4. The van der Waals surface area contributed by atoms with Gasteiger partial charge in [0.05, 0.1) is 20.3 Å². The van der Waals surface area contributed by atoms with Crippen LogP contribution in [0.5, 0.6) is 11.5 Å². The molecule has 0 aliphatic rings. The second-order valence-electron chi connectivity index (χ2n) is 3.40. The van der Waals surface area contributed by atoms with E-state index in [9.17, 15) is 13.9 Å². The van der Waals surface area contributed by atoms with Crippen LogP contribution in [-0.2, 0) is 0 Å². The summed E-state index contributed by atoms with van der Waals surface area (Å²) < 4.78 is 36.4. The Morgan fingerprint density at radius 2 is 1.88 bits per heavy atom. The highest BCUT2D eigenvalue weighted by Crippen LogP contribution is 2.38. The van der Waals surface area contributed by atoms with Crippen molar-refractivity contribution in [2.24, 2.45) is 0 Å². The van der Waals surface area contributed by atoms with Crippen molar-refractivity contribution >= 4 is 0 Å². The standard InChI is InChI=1S/C11H15F2NO3/c1-14-5-8(15)6-4-7(12)9(13)11(17-3)10(6)16-2/h4,8,14-15H,5H2,1-3H3. The Balaban J connectivity index is 3.33. The third-order valence-electron chi connectivity index (χ3n) is 2.32. The van der Waals surface area contributed by atoms with Gasteiger partial charge in [-0.2, -0.15) is 4.39 Å². The minimum atomic E-state index is -1.13. The molecule has 6 heteroatoms. The lowest BCUT2D eigenvalue weighted by molar-refractivity contribution is 0.171. The maximum Gasteiger partial charge on any atom is 0.204 e. The molecule has 0 aliphatic carbocycles. The summed E-state index contributed by atoms with van der Waals surface area (Å²) in [6, 6.07) is 0.901. The van der Waals surface area contributed by atoms with Crippen LogP contribution in [0.4, 0.5) is 8.78 Å². The molecule has 0 aliphatic heterocycles. The molecular weight excluding hydrogens is 232 g/mol. The summed E-state index contributed by atoms with van der Waals surface area (Å²) in [6.07, 6.45) is -1.01. The van der Waals surface area contributed by atoms with Gasteiger partial charge < -0.3 is 19.9 Å². The molecule has 0 aromatic heterocycles. The molecular formula is C11H15F2NO3. The van der Waals surface area contributed by atoms with Gasteiger partial charge in [0.1, 0.15) is 0 Å². The Morgan fingerprint density at radius 1 is 1.29 bits per heavy atom. The van der Waals surface area contributed by atoms with E-state index in [0.717, 1.165) is 6.07 Å². The number of hydrogen-bond acceptors (Lipinski definition) is 4. The van der Waals surface area contributed by atoms with Gasteiger partial charge in [-0.25, -0.2) is 4.39 Å². The number of nitrogens with one attached hydrogen (secondary N) is 1. The van der Waals surface area contributed by atoms with Gasteiger partial charge in [0.15, 0.2) is 17.3 Å². The van der Waals surface area contributed by atoms with Crippen molar-refractivity contribution < 1.29 is 23.4 Å². The molecule has 4 nitrogen and oxygen atoms in total. The van der Waals surface area contributed by atoms with E-state index >= 15 is 0 Å². The molecule has 0 spiro atoms. The fourth-order valence-electron chi connectivity index (χ4n) is 1.55. The van der Waals surface area contributed by atoms with Crippen LogP contribution >= 0.6 is 0 Å². The van der Waals surface area contributed by atoms with Gasteiger partial charge in [-0.1, -0.05) is 0 Å².